The van der Waals surface area contributed by atoms with Crippen molar-refractivity contribution in [2.45, 2.75) is 56.8 Å². The highest BCUT2D eigenvalue weighted by Crippen LogP contribution is 2.38. The maximum Gasteiger partial charge on any atom is 0.297 e. The predicted molar refractivity (Wildman–Crippen MR) is 146 cm³/mol. The van der Waals surface area contributed by atoms with E-state index >= 15 is 0 Å². The fourth-order valence-electron chi connectivity index (χ4n) is 4.83. The van der Waals surface area contributed by atoms with Gasteiger partial charge in [0.05, 0.1) is 17.6 Å². The maximum absolute atomic E-state index is 12.5. The van der Waals surface area contributed by atoms with Gasteiger partial charge < -0.3 is 9.16 Å². The van der Waals surface area contributed by atoms with Crippen LogP contribution in [0.5, 0.6) is 0 Å². The van der Waals surface area contributed by atoms with Gasteiger partial charge in [0.1, 0.15) is 6.10 Å². The van der Waals surface area contributed by atoms with Crippen LogP contribution in [-0.4, -0.2) is 42.2 Å². The van der Waals surface area contributed by atoms with Gasteiger partial charge in [0, 0.05) is 12.5 Å². The Morgan fingerprint density at radius 3 is 1.92 bits per heavy atom. The quantitative estimate of drug-likeness (QED) is 0.219. The van der Waals surface area contributed by atoms with Gasteiger partial charge in [-0.2, -0.15) is 8.42 Å². The monoisotopic (exact) mass is 524 g/mol. The van der Waals surface area contributed by atoms with Crippen molar-refractivity contribution in [1.29, 1.82) is 0 Å². The van der Waals surface area contributed by atoms with Gasteiger partial charge in [0.25, 0.3) is 18.4 Å². The summed E-state index contributed by atoms with van der Waals surface area (Å²) in [6.07, 6.45) is -0.362. The zero-order valence-corrected chi connectivity index (χ0v) is 23.5. The highest BCUT2D eigenvalue weighted by Gasteiger charge is 2.51. The van der Waals surface area contributed by atoms with Gasteiger partial charge in [-0.05, 0) is 34.5 Å². The minimum atomic E-state index is -3.81. The second kappa shape index (κ2) is 10.6. The molecule has 1 fully saturated rings. The molecule has 1 aliphatic heterocycles. The lowest BCUT2D eigenvalue weighted by Gasteiger charge is -2.43. The van der Waals surface area contributed by atoms with Crippen molar-refractivity contribution in [3.63, 3.8) is 0 Å². The summed E-state index contributed by atoms with van der Waals surface area (Å²) in [5.41, 5.74) is 0.995. The average molecular weight is 525 g/mol. The fourth-order valence-corrected chi connectivity index (χ4v) is 10.4. The molecule has 36 heavy (non-hydrogen) atoms. The van der Waals surface area contributed by atoms with Crippen molar-refractivity contribution in [2.75, 3.05) is 13.2 Å². The summed E-state index contributed by atoms with van der Waals surface area (Å²) < 4.78 is 43.2. The number of aryl methyl sites for hydroxylation is 1. The molecule has 192 valence electrons. The first-order valence-electron chi connectivity index (χ1n) is 12.4. The smallest absolute Gasteiger partial charge is 0.297 e. The normalized spacial score (nSPS) is 19.1. The van der Waals surface area contributed by atoms with Crippen molar-refractivity contribution in [3.8, 4) is 0 Å². The average Bonchev–Trinajstić information content (AvgIpc) is 3.64. The van der Waals surface area contributed by atoms with Crippen molar-refractivity contribution in [1.82, 2.24) is 0 Å². The Morgan fingerprint density at radius 1 is 0.889 bits per heavy atom. The fraction of sp³-hybridized carbons (Fsp3) is 0.379. The predicted octanol–water partition coefficient (Wildman–Crippen LogP) is 4.68. The molecule has 0 bridgehead atoms. The van der Waals surface area contributed by atoms with E-state index in [1.807, 2.05) is 19.1 Å². The highest BCUT2D eigenvalue weighted by atomic mass is 32.2. The third kappa shape index (κ3) is 5.66. The summed E-state index contributed by atoms with van der Waals surface area (Å²) in [5, 5.41) is 2.36. The molecule has 1 saturated heterocycles. The molecule has 7 heteroatoms. The van der Waals surface area contributed by atoms with E-state index in [0.29, 0.717) is 6.61 Å². The molecule has 0 radical (unpaired) electrons. The van der Waals surface area contributed by atoms with E-state index in [4.69, 9.17) is 13.3 Å². The number of benzene rings is 3. The Kier molecular flexibility index (Phi) is 7.88. The van der Waals surface area contributed by atoms with Crippen LogP contribution in [-0.2, 0) is 23.5 Å². The van der Waals surface area contributed by atoms with Crippen molar-refractivity contribution >= 4 is 28.8 Å². The van der Waals surface area contributed by atoms with E-state index in [-0.39, 0.29) is 34.7 Å². The van der Waals surface area contributed by atoms with Gasteiger partial charge in [-0.3, -0.25) is 4.18 Å². The Balaban J connectivity index is 1.45. The molecule has 0 N–H and O–H groups in total. The summed E-state index contributed by atoms with van der Waals surface area (Å²) in [7, 11) is -6.44. The molecule has 3 atom stereocenters. The third-order valence-corrected chi connectivity index (χ3v) is 13.2. The van der Waals surface area contributed by atoms with Gasteiger partial charge in [0.2, 0.25) is 0 Å². The van der Waals surface area contributed by atoms with Crippen molar-refractivity contribution in [3.05, 3.63) is 90.5 Å². The van der Waals surface area contributed by atoms with Crippen molar-refractivity contribution in [2.24, 2.45) is 5.92 Å². The lowest BCUT2D eigenvalue weighted by molar-refractivity contribution is 0.210. The highest BCUT2D eigenvalue weighted by molar-refractivity contribution is 7.86. The summed E-state index contributed by atoms with van der Waals surface area (Å²) in [6, 6.07) is 27.7. The molecule has 0 spiro atoms. The molecule has 0 aliphatic carbocycles. The third-order valence-electron chi connectivity index (χ3n) is 6.86. The first-order chi connectivity index (χ1) is 17.0. The van der Waals surface area contributed by atoms with Gasteiger partial charge in [-0.15, -0.1) is 0 Å². The minimum Gasteiger partial charge on any atom is -0.407 e. The first kappa shape index (κ1) is 26.8. The van der Waals surface area contributed by atoms with Crippen LogP contribution < -0.4 is 10.4 Å². The van der Waals surface area contributed by atoms with Crippen LogP contribution in [0.2, 0.25) is 5.04 Å². The van der Waals surface area contributed by atoms with E-state index in [0.717, 1.165) is 5.56 Å². The molecule has 0 aromatic heterocycles. The second-order valence-electron chi connectivity index (χ2n) is 10.6. The number of hydrogen-bond acceptors (Lipinski definition) is 5. The van der Waals surface area contributed by atoms with Gasteiger partial charge in [-0.25, -0.2) is 0 Å². The van der Waals surface area contributed by atoms with Crippen LogP contribution in [0, 0.1) is 12.8 Å². The SMILES string of the molecule is Cc1ccc(S(=O)(=O)OC[C@H]2O[C@@H]2[C@H](C)CO[Si](c2ccccc2)(c2ccccc2)C(C)(C)C)cc1. The Morgan fingerprint density at radius 2 is 1.42 bits per heavy atom. The summed E-state index contributed by atoms with van der Waals surface area (Å²) >= 11 is 0. The van der Waals surface area contributed by atoms with Gasteiger partial charge >= 0.3 is 0 Å². The van der Waals surface area contributed by atoms with E-state index in [9.17, 15) is 8.42 Å². The second-order valence-corrected chi connectivity index (χ2v) is 16.6. The molecule has 1 aliphatic rings. The summed E-state index contributed by atoms with van der Waals surface area (Å²) in [4.78, 5) is 0.161. The topological polar surface area (TPSA) is 65.1 Å². The number of ether oxygens (including phenoxy) is 1. The van der Waals surface area contributed by atoms with Crippen LogP contribution in [0.1, 0.15) is 33.3 Å². The molecule has 0 unspecified atom stereocenters. The van der Waals surface area contributed by atoms with Gasteiger partial charge in [0.15, 0.2) is 0 Å². The summed E-state index contributed by atoms with van der Waals surface area (Å²) in [6.45, 7) is 11.3. The number of rotatable bonds is 10. The molecule has 0 saturated carbocycles. The van der Waals surface area contributed by atoms with E-state index in [1.54, 1.807) is 24.3 Å². The molecule has 5 nitrogen and oxygen atoms in total. The first-order valence-corrected chi connectivity index (χ1v) is 15.7. The van der Waals surface area contributed by atoms with Crippen LogP contribution >= 0.6 is 0 Å². The Bertz CT molecular complexity index is 1200. The zero-order chi connectivity index (χ0) is 26.0. The lowest BCUT2D eigenvalue weighted by atomic mass is 10.1. The molecule has 1 heterocycles. The molecule has 3 aromatic rings. The Hall–Kier alpha value is -2.29. The van der Waals surface area contributed by atoms with E-state index in [1.165, 1.54) is 10.4 Å². The van der Waals surface area contributed by atoms with Crippen LogP contribution in [0.4, 0.5) is 0 Å². The molecule has 3 aromatic carbocycles. The lowest BCUT2D eigenvalue weighted by Crippen LogP contribution is -2.67. The van der Waals surface area contributed by atoms with Crippen molar-refractivity contribution < 1.29 is 21.8 Å². The standard InChI is InChI=1S/C29H36O5SSi/c1-22-16-18-24(19-17-22)35(30,31)32-21-27-28(34-27)23(2)20-33-36(29(3,4)5,25-12-8-6-9-13-25)26-14-10-7-11-15-26/h6-19,23,27-28H,20-21H2,1-5H3/t23-,27-,28-/m1/s1. The van der Waals surface area contributed by atoms with Gasteiger partial charge in [-0.1, -0.05) is 106 Å². The number of epoxide rings is 1. The van der Waals surface area contributed by atoms with Crippen LogP contribution in [0.25, 0.3) is 0 Å². The van der Waals surface area contributed by atoms with Crippen LogP contribution in [0.3, 0.4) is 0 Å². The van der Waals surface area contributed by atoms with E-state index in [2.05, 4.69) is 76.2 Å². The molecular weight excluding hydrogens is 488 g/mol. The Labute approximate surface area is 216 Å². The summed E-state index contributed by atoms with van der Waals surface area (Å²) in [5.74, 6) is 0.0855. The molecule has 0 amide bonds. The maximum atomic E-state index is 12.5. The van der Waals surface area contributed by atoms with E-state index < -0.39 is 18.4 Å². The zero-order valence-electron chi connectivity index (χ0n) is 21.7. The molecular formula is C29H36O5SSi. The molecule has 4 rings (SSSR count). The minimum absolute atomic E-state index is 0.00439. The number of hydrogen-bond donors (Lipinski definition) is 0. The van der Waals surface area contributed by atoms with Crippen LogP contribution in [0.15, 0.2) is 89.8 Å². The largest absolute Gasteiger partial charge is 0.407 e.